The first-order valence-corrected chi connectivity index (χ1v) is 5.83. The van der Waals surface area contributed by atoms with Gasteiger partial charge in [0.2, 0.25) is 0 Å². The van der Waals surface area contributed by atoms with Crippen LogP contribution in [0.4, 0.5) is 10.1 Å². The zero-order valence-corrected chi connectivity index (χ0v) is 9.60. The highest BCUT2D eigenvalue weighted by Crippen LogP contribution is 2.25. The number of anilines is 1. The van der Waals surface area contributed by atoms with E-state index in [0.717, 1.165) is 24.3 Å². The van der Waals surface area contributed by atoms with Crippen molar-refractivity contribution in [3.05, 3.63) is 29.6 Å². The van der Waals surface area contributed by atoms with Gasteiger partial charge in [0.05, 0.1) is 0 Å². The van der Waals surface area contributed by atoms with Crippen LogP contribution in [0.15, 0.2) is 18.2 Å². The van der Waals surface area contributed by atoms with E-state index in [2.05, 4.69) is 11.8 Å². The molecule has 0 spiro atoms. The molecule has 0 bridgehead atoms. The first-order chi connectivity index (χ1) is 7.19. The summed E-state index contributed by atoms with van der Waals surface area (Å²) < 4.78 is 13.3. The molecule has 1 aromatic rings. The molecular formula is C12H15ClFN. The molecule has 1 saturated heterocycles. The maximum atomic E-state index is 13.3. The molecule has 0 aliphatic carbocycles. The van der Waals surface area contributed by atoms with Gasteiger partial charge in [-0.3, -0.25) is 0 Å². The number of benzene rings is 1. The minimum Gasteiger partial charge on any atom is -0.371 e. The Balaban J connectivity index is 2.24. The SMILES string of the molecule is CC1CCN(c2cc(F)cc(CCl)c2)C1. The fraction of sp³-hybridized carbons (Fsp3) is 0.500. The van der Waals surface area contributed by atoms with Crippen molar-refractivity contribution in [2.24, 2.45) is 5.92 Å². The Morgan fingerprint density at radius 3 is 2.87 bits per heavy atom. The van der Waals surface area contributed by atoms with Crippen molar-refractivity contribution in [3.63, 3.8) is 0 Å². The van der Waals surface area contributed by atoms with Crippen molar-refractivity contribution in [3.8, 4) is 0 Å². The van der Waals surface area contributed by atoms with E-state index in [1.54, 1.807) is 6.07 Å². The van der Waals surface area contributed by atoms with Gasteiger partial charge in [0, 0.05) is 24.7 Å². The summed E-state index contributed by atoms with van der Waals surface area (Å²) in [4.78, 5) is 2.23. The van der Waals surface area contributed by atoms with Crippen LogP contribution in [0.25, 0.3) is 0 Å². The molecule has 15 heavy (non-hydrogen) atoms. The standard InChI is InChI=1S/C12H15ClFN/c1-9-2-3-15(8-9)12-5-10(7-13)4-11(14)6-12/h4-6,9H,2-3,7-8H2,1H3. The van der Waals surface area contributed by atoms with E-state index in [0.29, 0.717) is 11.8 Å². The monoisotopic (exact) mass is 227 g/mol. The fourth-order valence-corrected chi connectivity index (χ4v) is 2.22. The van der Waals surface area contributed by atoms with E-state index in [4.69, 9.17) is 11.6 Å². The van der Waals surface area contributed by atoms with E-state index in [1.165, 1.54) is 12.5 Å². The minimum absolute atomic E-state index is 0.192. The Morgan fingerprint density at radius 1 is 1.47 bits per heavy atom. The molecule has 2 rings (SSSR count). The summed E-state index contributed by atoms with van der Waals surface area (Å²) in [5, 5.41) is 0. The number of halogens is 2. The lowest BCUT2D eigenvalue weighted by atomic mass is 10.2. The second kappa shape index (κ2) is 4.40. The molecule has 0 N–H and O–H groups in total. The third kappa shape index (κ3) is 2.43. The molecule has 0 amide bonds. The van der Waals surface area contributed by atoms with Crippen LogP contribution in [-0.2, 0) is 5.88 Å². The molecule has 0 aromatic heterocycles. The lowest BCUT2D eigenvalue weighted by molar-refractivity contribution is 0.625. The van der Waals surface area contributed by atoms with Gasteiger partial charge in [-0.1, -0.05) is 6.92 Å². The maximum absolute atomic E-state index is 13.3. The average Bonchev–Trinajstić information content (AvgIpc) is 2.64. The van der Waals surface area contributed by atoms with Crippen molar-refractivity contribution in [1.82, 2.24) is 0 Å². The Hall–Kier alpha value is -0.760. The van der Waals surface area contributed by atoms with Crippen molar-refractivity contribution < 1.29 is 4.39 Å². The van der Waals surface area contributed by atoms with Gasteiger partial charge in [-0.25, -0.2) is 4.39 Å². The number of hydrogen-bond donors (Lipinski definition) is 0. The first-order valence-electron chi connectivity index (χ1n) is 5.29. The summed E-state index contributed by atoms with van der Waals surface area (Å²) in [5.74, 6) is 0.879. The van der Waals surface area contributed by atoms with Crippen LogP contribution in [0.2, 0.25) is 0 Å². The van der Waals surface area contributed by atoms with Gasteiger partial charge in [0.25, 0.3) is 0 Å². The van der Waals surface area contributed by atoms with Crippen LogP contribution in [0.1, 0.15) is 18.9 Å². The Bertz CT molecular complexity index is 353. The van der Waals surface area contributed by atoms with Gasteiger partial charge in [-0.15, -0.1) is 11.6 Å². The summed E-state index contributed by atoms with van der Waals surface area (Å²) in [6, 6.07) is 5.07. The highest BCUT2D eigenvalue weighted by atomic mass is 35.5. The second-order valence-electron chi connectivity index (χ2n) is 4.29. The van der Waals surface area contributed by atoms with E-state index in [1.807, 2.05) is 6.07 Å². The number of hydrogen-bond acceptors (Lipinski definition) is 1. The average molecular weight is 228 g/mol. The molecule has 3 heteroatoms. The summed E-state index contributed by atoms with van der Waals surface area (Å²) in [6.07, 6.45) is 1.19. The predicted molar refractivity (Wildman–Crippen MR) is 62.0 cm³/mol. The number of alkyl halides is 1. The van der Waals surface area contributed by atoms with Crippen molar-refractivity contribution in [2.45, 2.75) is 19.2 Å². The molecule has 1 aliphatic rings. The zero-order chi connectivity index (χ0) is 10.8. The van der Waals surface area contributed by atoms with Gasteiger partial charge in [0.15, 0.2) is 0 Å². The summed E-state index contributed by atoms with van der Waals surface area (Å²) in [6.45, 7) is 4.26. The van der Waals surface area contributed by atoms with Gasteiger partial charge in [0.1, 0.15) is 5.82 Å². The van der Waals surface area contributed by atoms with Gasteiger partial charge >= 0.3 is 0 Å². The topological polar surface area (TPSA) is 3.24 Å². The third-order valence-electron chi connectivity index (χ3n) is 2.89. The van der Waals surface area contributed by atoms with Crippen LogP contribution >= 0.6 is 11.6 Å². The van der Waals surface area contributed by atoms with E-state index in [-0.39, 0.29) is 5.82 Å². The molecule has 1 nitrogen and oxygen atoms in total. The summed E-state index contributed by atoms with van der Waals surface area (Å²) in [5.41, 5.74) is 1.82. The second-order valence-corrected chi connectivity index (χ2v) is 4.56. The summed E-state index contributed by atoms with van der Waals surface area (Å²) in [7, 11) is 0. The normalized spacial score (nSPS) is 21.0. The fourth-order valence-electron chi connectivity index (χ4n) is 2.06. The molecule has 1 heterocycles. The maximum Gasteiger partial charge on any atom is 0.125 e. The third-order valence-corrected chi connectivity index (χ3v) is 3.19. The Morgan fingerprint density at radius 2 is 2.27 bits per heavy atom. The molecule has 0 saturated carbocycles. The van der Waals surface area contributed by atoms with Crippen LogP contribution < -0.4 is 4.90 Å². The van der Waals surface area contributed by atoms with E-state index < -0.39 is 0 Å². The Labute approximate surface area is 94.8 Å². The zero-order valence-electron chi connectivity index (χ0n) is 8.84. The van der Waals surface area contributed by atoms with Crippen LogP contribution in [0, 0.1) is 11.7 Å². The molecule has 1 atom stereocenters. The van der Waals surface area contributed by atoms with E-state index >= 15 is 0 Å². The molecule has 1 aliphatic heterocycles. The molecule has 1 fully saturated rings. The number of nitrogens with zero attached hydrogens (tertiary/aromatic N) is 1. The van der Waals surface area contributed by atoms with Gasteiger partial charge in [-0.05, 0) is 36.1 Å². The minimum atomic E-state index is -0.192. The summed E-state index contributed by atoms with van der Waals surface area (Å²) >= 11 is 5.72. The predicted octanol–water partition coefficient (Wildman–Crippen LogP) is 3.41. The van der Waals surface area contributed by atoms with Crippen LogP contribution in [0.5, 0.6) is 0 Å². The van der Waals surface area contributed by atoms with Crippen LogP contribution in [-0.4, -0.2) is 13.1 Å². The number of rotatable bonds is 2. The van der Waals surface area contributed by atoms with Crippen LogP contribution in [0.3, 0.4) is 0 Å². The van der Waals surface area contributed by atoms with Crippen molar-refractivity contribution in [2.75, 3.05) is 18.0 Å². The largest absolute Gasteiger partial charge is 0.371 e. The first kappa shape index (κ1) is 10.7. The van der Waals surface area contributed by atoms with Gasteiger partial charge in [-0.2, -0.15) is 0 Å². The van der Waals surface area contributed by atoms with Crippen molar-refractivity contribution >= 4 is 17.3 Å². The Kier molecular flexibility index (Phi) is 3.15. The quantitative estimate of drug-likeness (QED) is 0.700. The van der Waals surface area contributed by atoms with Gasteiger partial charge < -0.3 is 4.90 Å². The van der Waals surface area contributed by atoms with Crippen molar-refractivity contribution in [1.29, 1.82) is 0 Å². The lowest BCUT2D eigenvalue weighted by Crippen LogP contribution is -2.19. The molecule has 0 radical (unpaired) electrons. The van der Waals surface area contributed by atoms with E-state index in [9.17, 15) is 4.39 Å². The molecule has 1 unspecified atom stereocenters. The molecule has 82 valence electrons. The lowest BCUT2D eigenvalue weighted by Gasteiger charge is -2.19. The smallest absolute Gasteiger partial charge is 0.125 e. The molecular weight excluding hydrogens is 213 g/mol. The highest BCUT2D eigenvalue weighted by molar-refractivity contribution is 6.17. The highest BCUT2D eigenvalue weighted by Gasteiger charge is 2.19. The molecule has 1 aromatic carbocycles.